The number of nitrogens with one attached hydrogen (secondary N) is 1. The second-order valence-corrected chi connectivity index (χ2v) is 6.30. The van der Waals surface area contributed by atoms with Gasteiger partial charge in [0, 0.05) is 47.6 Å². The second-order valence-electron chi connectivity index (χ2n) is 6.30. The second kappa shape index (κ2) is 6.63. The van der Waals surface area contributed by atoms with E-state index in [4.69, 9.17) is 0 Å². The van der Waals surface area contributed by atoms with Gasteiger partial charge in [-0.15, -0.1) is 0 Å². The number of hydrogen-bond acceptors (Lipinski definition) is 3. The number of hydrogen-bond donors (Lipinski definition) is 1. The summed E-state index contributed by atoms with van der Waals surface area (Å²) in [5.41, 5.74) is 4.54. The Morgan fingerprint density at radius 2 is 1.77 bits per heavy atom. The van der Waals surface area contributed by atoms with Gasteiger partial charge < -0.3 is 4.98 Å². The number of pyridine rings is 3. The molecule has 0 spiro atoms. The van der Waals surface area contributed by atoms with Crippen LogP contribution in [-0.2, 0) is 12.8 Å². The van der Waals surface area contributed by atoms with Crippen molar-refractivity contribution in [1.29, 1.82) is 0 Å². The molecule has 0 saturated carbocycles. The molecule has 0 aliphatic carbocycles. The van der Waals surface area contributed by atoms with Crippen LogP contribution < -0.4 is 0 Å². The van der Waals surface area contributed by atoms with E-state index in [-0.39, 0.29) is 0 Å². The first-order valence-corrected chi connectivity index (χ1v) is 8.26. The van der Waals surface area contributed by atoms with E-state index < -0.39 is 11.8 Å². The van der Waals surface area contributed by atoms with Crippen molar-refractivity contribution in [2.45, 2.75) is 19.8 Å². The fourth-order valence-corrected chi connectivity index (χ4v) is 2.94. The summed E-state index contributed by atoms with van der Waals surface area (Å²) >= 11 is 0. The number of halogens is 2. The number of H-pyrrole nitrogens is 1. The Balaban J connectivity index is 1.57. The van der Waals surface area contributed by atoms with E-state index in [1.54, 1.807) is 24.4 Å². The van der Waals surface area contributed by atoms with E-state index in [1.165, 1.54) is 6.07 Å². The first-order valence-electron chi connectivity index (χ1n) is 8.26. The van der Waals surface area contributed by atoms with E-state index in [2.05, 4.69) is 19.9 Å². The summed E-state index contributed by atoms with van der Waals surface area (Å²) in [6.45, 7) is 1.98. The maximum atomic E-state index is 14.5. The van der Waals surface area contributed by atoms with Crippen molar-refractivity contribution in [2.75, 3.05) is 0 Å². The number of aromatic amines is 1. The van der Waals surface area contributed by atoms with Gasteiger partial charge >= 0.3 is 0 Å². The molecule has 4 heterocycles. The monoisotopic (exact) mass is 350 g/mol. The SMILES string of the molecule is Cc1cnc2[nH]cc(Cc3ccc(Cc4ccc(F)cn4)nc3F)c2c1. The molecule has 0 unspecified atom stereocenters. The van der Waals surface area contributed by atoms with Crippen LogP contribution in [0.5, 0.6) is 0 Å². The molecule has 0 atom stereocenters. The van der Waals surface area contributed by atoms with Gasteiger partial charge in [0.2, 0.25) is 5.95 Å². The lowest BCUT2D eigenvalue weighted by atomic mass is 10.0. The fourth-order valence-electron chi connectivity index (χ4n) is 2.94. The lowest BCUT2D eigenvalue weighted by molar-refractivity contribution is 0.564. The topological polar surface area (TPSA) is 54.5 Å². The van der Waals surface area contributed by atoms with Gasteiger partial charge in [-0.3, -0.25) is 4.98 Å². The molecule has 4 aromatic heterocycles. The van der Waals surface area contributed by atoms with Crippen molar-refractivity contribution in [3.63, 3.8) is 0 Å². The largest absolute Gasteiger partial charge is 0.346 e. The molecule has 4 aromatic rings. The van der Waals surface area contributed by atoms with Gasteiger partial charge in [-0.1, -0.05) is 6.07 Å². The quantitative estimate of drug-likeness (QED) is 0.563. The van der Waals surface area contributed by atoms with Crippen LogP contribution in [0.2, 0.25) is 0 Å². The minimum absolute atomic E-state index is 0.355. The van der Waals surface area contributed by atoms with Crippen LogP contribution in [0.15, 0.2) is 48.9 Å². The predicted octanol–water partition coefficient (Wildman–Crippen LogP) is 4.12. The van der Waals surface area contributed by atoms with Gasteiger partial charge in [-0.25, -0.2) is 14.4 Å². The summed E-state index contributed by atoms with van der Waals surface area (Å²) < 4.78 is 27.4. The lowest BCUT2D eigenvalue weighted by Gasteiger charge is -2.05. The minimum atomic E-state index is -0.500. The zero-order valence-corrected chi connectivity index (χ0v) is 14.1. The maximum Gasteiger partial charge on any atom is 0.216 e. The number of aryl methyl sites for hydroxylation is 1. The molecule has 0 fully saturated rings. The number of nitrogens with zero attached hydrogens (tertiary/aromatic N) is 3. The van der Waals surface area contributed by atoms with Gasteiger partial charge in [0.05, 0.1) is 6.20 Å². The zero-order valence-electron chi connectivity index (χ0n) is 14.1. The molecule has 0 saturated heterocycles. The number of aromatic nitrogens is 4. The lowest BCUT2D eigenvalue weighted by Crippen LogP contribution is -2.01. The molecule has 4 nitrogen and oxygen atoms in total. The van der Waals surface area contributed by atoms with Crippen LogP contribution in [0.3, 0.4) is 0 Å². The first-order chi connectivity index (χ1) is 12.6. The maximum absolute atomic E-state index is 14.5. The van der Waals surface area contributed by atoms with Crippen molar-refractivity contribution in [3.8, 4) is 0 Å². The highest BCUT2D eigenvalue weighted by Crippen LogP contribution is 2.22. The molecule has 0 amide bonds. The standard InChI is InChI=1S/C20H16F2N4/c1-12-6-18-14(10-25-20(18)24-9-12)7-13-2-4-17(26-19(13)22)8-16-5-3-15(21)11-23-16/h2-6,9-11H,7-8H2,1H3,(H,24,25). The minimum Gasteiger partial charge on any atom is -0.346 e. The fraction of sp³-hybridized carbons (Fsp3) is 0.150. The molecule has 1 N–H and O–H groups in total. The molecule has 4 rings (SSSR count). The Kier molecular flexibility index (Phi) is 4.16. The molecular weight excluding hydrogens is 334 g/mol. The van der Waals surface area contributed by atoms with Crippen molar-refractivity contribution in [2.24, 2.45) is 0 Å². The summed E-state index contributed by atoms with van der Waals surface area (Å²) in [5, 5.41) is 0.990. The highest BCUT2D eigenvalue weighted by Gasteiger charge is 2.11. The van der Waals surface area contributed by atoms with Crippen LogP contribution in [-0.4, -0.2) is 19.9 Å². The molecule has 6 heteroatoms. The number of fused-ring (bicyclic) bond motifs is 1. The normalized spacial score (nSPS) is 11.2. The third-order valence-electron chi connectivity index (χ3n) is 4.27. The van der Waals surface area contributed by atoms with Crippen molar-refractivity contribution < 1.29 is 8.78 Å². The molecule has 0 aromatic carbocycles. The predicted molar refractivity (Wildman–Crippen MR) is 94.8 cm³/mol. The Bertz CT molecular complexity index is 1070. The highest BCUT2D eigenvalue weighted by molar-refractivity contribution is 5.80. The van der Waals surface area contributed by atoms with Crippen molar-refractivity contribution in [3.05, 3.63) is 88.8 Å². The smallest absolute Gasteiger partial charge is 0.216 e. The van der Waals surface area contributed by atoms with E-state index in [0.29, 0.717) is 29.8 Å². The summed E-state index contributed by atoms with van der Waals surface area (Å²) in [6, 6.07) is 8.46. The molecular formula is C20H16F2N4. The molecule has 0 aliphatic rings. The Morgan fingerprint density at radius 3 is 2.54 bits per heavy atom. The first kappa shape index (κ1) is 16.3. The van der Waals surface area contributed by atoms with Gasteiger partial charge in [0.25, 0.3) is 0 Å². The molecule has 26 heavy (non-hydrogen) atoms. The van der Waals surface area contributed by atoms with Crippen LogP contribution >= 0.6 is 0 Å². The van der Waals surface area contributed by atoms with Crippen LogP contribution in [0.1, 0.15) is 28.1 Å². The molecule has 0 aliphatic heterocycles. The average molecular weight is 350 g/mol. The van der Waals surface area contributed by atoms with Gasteiger partial charge in [-0.05, 0) is 42.3 Å². The van der Waals surface area contributed by atoms with Crippen molar-refractivity contribution in [1.82, 2.24) is 19.9 Å². The van der Waals surface area contributed by atoms with E-state index >= 15 is 0 Å². The third-order valence-corrected chi connectivity index (χ3v) is 4.27. The average Bonchev–Trinajstić information content (AvgIpc) is 3.01. The Labute approximate surface area is 149 Å². The molecule has 0 bridgehead atoms. The van der Waals surface area contributed by atoms with Gasteiger partial charge in [-0.2, -0.15) is 4.39 Å². The highest BCUT2D eigenvalue weighted by atomic mass is 19.1. The molecule has 130 valence electrons. The van der Waals surface area contributed by atoms with E-state index in [0.717, 1.165) is 28.4 Å². The summed E-state index contributed by atoms with van der Waals surface area (Å²) in [5.74, 6) is -0.897. The van der Waals surface area contributed by atoms with Crippen molar-refractivity contribution >= 4 is 11.0 Å². The van der Waals surface area contributed by atoms with Gasteiger partial charge in [0.1, 0.15) is 11.5 Å². The zero-order chi connectivity index (χ0) is 18.1. The Hall–Kier alpha value is -3.15. The molecule has 0 radical (unpaired) electrons. The van der Waals surface area contributed by atoms with Crippen LogP contribution in [0.4, 0.5) is 8.78 Å². The Morgan fingerprint density at radius 1 is 0.923 bits per heavy atom. The van der Waals surface area contributed by atoms with Crippen LogP contribution in [0, 0.1) is 18.7 Å². The van der Waals surface area contributed by atoms with E-state index in [9.17, 15) is 8.78 Å². The van der Waals surface area contributed by atoms with Gasteiger partial charge in [0.15, 0.2) is 0 Å². The summed E-state index contributed by atoms with van der Waals surface area (Å²) in [4.78, 5) is 15.5. The van der Waals surface area contributed by atoms with E-state index in [1.807, 2.05) is 19.2 Å². The third kappa shape index (κ3) is 3.31. The summed E-state index contributed by atoms with van der Waals surface area (Å²) in [6.07, 6.45) is 5.58. The van der Waals surface area contributed by atoms with Crippen LogP contribution in [0.25, 0.3) is 11.0 Å². The number of rotatable bonds is 4. The summed E-state index contributed by atoms with van der Waals surface area (Å²) in [7, 11) is 0.